The largest absolute Gasteiger partial charge is 0.507 e. The number of amides is 1. The highest BCUT2D eigenvalue weighted by Crippen LogP contribution is 2.45. The molecule has 4 aromatic carbocycles. The van der Waals surface area contributed by atoms with Gasteiger partial charge in [0, 0.05) is 17.7 Å². The van der Waals surface area contributed by atoms with Crippen molar-refractivity contribution in [1.29, 1.82) is 0 Å². The van der Waals surface area contributed by atoms with Crippen LogP contribution >= 0.6 is 23.1 Å². The van der Waals surface area contributed by atoms with Gasteiger partial charge in [-0.05, 0) is 64.7 Å². The van der Waals surface area contributed by atoms with Gasteiger partial charge in [-0.1, -0.05) is 77.7 Å². The molecule has 7 rings (SSSR count). The molecule has 2 aliphatic rings. The molecule has 1 fully saturated rings. The van der Waals surface area contributed by atoms with Crippen LogP contribution in [-0.4, -0.2) is 40.2 Å². The van der Waals surface area contributed by atoms with Crippen molar-refractivity contribution in [2.24, 2.45) is 0 Å². The van der Waals surface area contributed by atoms with Gasteiger partial charge in [-0.25, -0.2) is 0 Å². The quantitative estimate of drug-likeness (QED) is 0.0686. The van der Waals surface area contributed by atoms with E-state index >= 15 is 0 Å². The first-order valence-electron chi connectivity index (χ1n) is 14.1. The third-order valence-corrected chi connectivity index (χ3v) is 9.98. The maximum absolute atomic E-state index is 13.6. The van der Waals surface area contributed by atoms with Gasteiger partial charge in [0.15, 0.2) is 4.34 Å². The molecule has 0 saturated carbocycles. The highest BCUT2D eigenvalue weighted by Gasteiger charge is 2.48. The van der Waals surface area contributed by atoms with Gasteiger partial charge in [-0.2, -0.15) is 0 Å². The molecule has 5 aromatic rings. The molecule has 220 valence electrons. The van der Waals surface area contributed by atoms with E-state index in [-0.39, 0.29) is 22.6 Å². The number of carbonyl (C=O) groups excluding carboxylic acids is 2. The van der Waals surface area contributed by atoms with Gasteiger partial charge >= 0.3 is 5.91 Å². The molecule has 2 aliphatic heterocycles. The number of nitrogens with zero attached hydrogens (tertiary/aromatic N) is 3. The van der Waals surface area contributed by atoms with Crippen LogP contribution in [0.4, 0.5) is 5.13 Å². The summed E-state index contributed by atoms with van der Waals surface area (Å²) in [5, 5.41) is 22.9. The van der Waals surface area contributed by atoms with Crippen LogP contribution in [0.2, 0.25) is 0 Å². The van der Waals surface area contributed by atoms with E-state index < -0.39 is 17.7 Å². The Balaban J connectivity index is 1.25. The Bertz CT molecular complexity index is 1950. The molecule has 10 heteroatoms. The van der Waals surface area contributed by atoms with E-state index in [1.165, 1.54) is 33.4 Å². The van der Waals surface area contributed by atoms with Crippen molar-refractivity contribution in [1.82, 2.24) is 10.2 Å². The van der Waals surface area contributed by atoms with Crippen molar-refractivity contribution in [2.75, 3.05) is 12.0 Å². The van der Waals surface area contributed by atoms with Crippen LogP contribution < -0.4 is 14.4 Å². The Morgan fingerprint density at radius 2 is 1.84 bits per heavy atom. The van der Waals surface area contributed by atoms with Crippen molar-refractivity contribution in [3.63, 3.8) is 0 Å². The fraction of sp³-hybridized carbons (Fsp3) is 0.176. The van der Waals surface area contributed by atoms with Crippen LogP contribution in [-0.2, 0) is 21.8 Å². The molecule has 1 amide bonds. The number of hydrogen-bond donors (Lipinski definition) is 1. The average molecular weight is 622 g/mol. The number of thioether (sulfide) groups is 1. The van der Waals surface area contributed by atoms with Gasteiger partial charge in [-0.3, -0.25) is 14.5 Å². The van der Waals surface area contributed by atoms with E-state index in [4.69, 9.17) is 9.47 Å². The maximum atomic E-state index is 13.6. The molecular formula is C34H27N3O5S2. The minimum absolute atomic E-state index is 0.00719. The summed E-state index contributed by atoms with van der Waals surface area (Å²) in [6, 6.07) is 25.9. The van der Waals surface area contributed by atoms with Crippen LogP contribution in [0.25, 0.3) is 16.5 Å². The number of aliphatic hydroxyl groups excluding tert-OH is 1. The zero-order valence-corrected chi connectivity index (χ0v) is 25.5. The molecule has 44 heavy (non-hydrogen) atoms. The number of fused-ring (bicyclic) bond motifs is 2. The number of methoxy groups -OCH3 is 1. The van der Waals surface area contributed by atoms with Crippen molar-refractivity contribution in [3.05, 3.63) is 113 Å². The first-order chi connectivity index (χ1) is 21.4. The van der Waals surface area contributed by atoms with Crippen molar-refractivity contribution < 1.29 is 24.2 Å². The number of ether oxygens (including phenoxy) is 2. The zero-order chi connectivity index (χ0) is 30.4. The maximum Gasteiger partial charge on any atom is 0.301 e. The molecule has 1 aromatic heterocycles. The summed E-state index contributed by atoms with van der Waals surface area (Å²) in [5.74, 6) is 0.243. The second-order valence-electron chi connectivity index (χ2n) is 10.7. The van der Waals surface area contributed by atoms with E-state index in [1.54, 1.807) is 43.5 Å². The van der Waals surface area contributed by atoms with Crippen LogP contribution in [0.5, 0.6) is 11.5 Å². The van der Waals surface area contributed by atoms with Crippen LogP contribution in [0.3, 0.4) is 0 Å². The number of carbonyl (C=O) groups is 2. The topological polar surface area (TPSA) is 102 Å². The number of ketones is 1. The highest BCUT2D eigenvalue weighted by atomic mass is 32.2. The zero-order valence-electron chi connectivity index (χ0n) is 23.9. The smallest absolute Gasteiger partial charge is 0.301 e. The van der Waals surface area contributed by atoms with Gasteiger partial charge in [-0.15, -0.1) is 10.2 Å². The molecule has 2 atom stereocenters. The summed E-state index contributed by atoms with van der Waals surface area (Å²) in [6.45, 7) is 1.98. The second kappa shape index (κ2) is 11.4. The predicted molar refractivity (Wildman–Crippen MR) is 171 cm³/mol. The molecule has 0 radical (unpaired) electrons. The molecular weight excluding hydrogens is 595 g/mol. The fourth-order valence-corrected chi connectivity index (χ4v) is 7.64. The predicted octanol–water partition coefficient (Wildman–Crippen LogP) is 6.94. The molecule has 8 nitrogen and oxygen atoms in total. The first kappa shape index (κ1) is 28.1. The Kier molecular flexibility index (Phi) is 7.31. The van der Waals surface area contributed by atoms with Crippen LogP contribution in [0, 0.1) is 0 Å². The number of aliphatic hydroxyl groups is 1. The lowest BCUT2D eigenvalue weighted by atomic mass is 9.94. The van der Waals surface area contributed by atoms with Crippen LogP contribution in [0.1, 0.15) is 35.2 Å². The molecule has 1 N–H and O–H groups in total. The van der Waals surface area contributed by atoms with Crippen LogP contribution in [0.15, 0.2) is 94.8 Å². The number of anilines is 1. The number of aromatic nitrogens is 2. The molecule has 0 spiro atoms. The lowest BCUT2D eigenvalue weighted by molar-refractivity contribution is -0.132. The van der Waals surface area contributed by atoms with E-state index in [2.05, 4.69) is 34.5 Å². The molecule has 0 unspecified atom stereocenters. The third kappa shape index (κ3) is 4.99. The van der Waals surface area contributed by atoms with E-state index in [0.29, 0.717) is 33.4 Å². The SMILES string of the molecule is COc1ccc([C@H]2/C(=C(\O)c3ccc4c(c3)C[C@H](C)O4)C(=O)C(=O)N2c2nnc(SCc3cccc4ccccc34)s2)cc1. The number of Topliss-reactive ketones (excluding diaryl/α,β-unsaturated/α-hetero) is 1. The highest BCUT2D eigenvalue weighted by molar-refractivity contribution is 8.00. The van der Waals surface area contributed by atoms with E-state index in [1.807, 2.05) is 31.2 Å². The van der Waals surface area contributed by atoms with Gasteiger partial charge in [0.25, 0.3) is 5.78 Å². The van der Waals surface area contributed by atoms with E-state index in [9.17, 15) is 14.7 Å². The Morgan fingerprint density at radius 3 is 2.66 bits per heavy atom. The van der Waals surface area contributed by atoms with Gasteiger partial charge in [0.05, 0.1) is 18.7 Å². The number of benzene rings is 4. The molecule has 0 aliphatic carbocycles. The van der Waals surface area contributed by atoms with Crippen molar-refractivity contribution in [3.8, 4) is 11.5 Å². The summed E-state index contributed by atoms with van der Waals surface area (Å²) in [5.41, 5.74) is 3.17. The first-order valence-corrected chi connectivity index (χ1v) is 15.9. The summed E-state index contributed by atoms with van der Waals surface area (Å²) < 4.78 is 11.8. The van der Waals surface area contributed by atoms with Gasteiger partial charge < -0.3 is 14.6 Å². The molecule has 0 bridgehead atoms. The van der Waals surface area contributed by atoms with Gasteiger partial charge in [0.1, 0.15) is 23.4 Å². The summed E-state index contributed by atoms with van der Waals surface area (Å²) in [6.07, 6.45) is 0.717. The normalized spacial score (nSPS) is 18.9. The Labute approximate surface area is 262 Å². The molecule has 3 heterocycles. The third-order valence-electron chi connectivity index (χ3n) is 7.88. The standard InChI is InChI=1S/C34H27N3O5S2/c1-19-16-24-17-22(12-15-27(24)42-19)30(38)28-29(21-10-13-25(41-2)14-11-21)37(32(40)31(28)39)33-35-36-34(44-33)43-18-23-8-5-7-20-6-3-4-9-26(20)23/h3-15,17,19,29,38H,16,18H2,1-2H3/b30-28+/t19-,29-/m0/s1. The monoisotopic (exact) mass is 621 g/mol. The molecule has 1 saturated heterocycles. The average Bonchev–Trinajstić information content (AvgIpc) is 3.74. The summed E-state index contributed by atoms with van der Waals surface area (Å²) in [7, 11) is 1.57. The lowest BCUT2D eigenvalue weighted by Crippen LogP contribution is -2.29. The second-order valence-corrected chi connectivity index (χ2v) is 12.9. The minimum atomic E-state index is -0.909. The van der Waals surface area contributed by atoms with Gasteiger partial charge in [0.2, 0.25) is 5.13 Å². The minimum Gasteiger partial charge on any atom is -0.507 e. The van der Waals surface area contributed by atoms with Crippen molar-refractivity contribution >= 4 is 56.5 Å². The Morgan fingerprint density at radius 1 is 1.05 bits per heavy atom. The fourth-order valence-electron chi connectivity index (χ4n) is 5.77. The lowest BCUT2D eigenvalue weighted by Gasteiger charge is -2.22. The number of hydrogen-bond acceptors (Lipinski definition) is 9. The summed E-state index contributed by atoms with van der Waals surface area (Å²) >= 11 is 2.76. The summed E-state index contributed by atoms with van der Waals surface area (Å²) in [4.78, 5) is 28.6. The van der Waals surface area contributed by atoms with E-state index in [0.717, 1.165) is 22.3 Å². The number of rotatable bonds is 7. The van der Waals surface area contributed by atoms with Crippen molar-refractivity contribution in [2.45, 2.75) is 35.6 Å². The Hall–Kier alpha value is -4.67.